The Balaban J connectivity index is 2.16. The number of alkyl halides is 1. The molecule has 0 bridgehead atoms. The van der Waals surface area contributed by atoms with Crippen LogP contribution in [-0.4, -0.2) is 12.0 Å². The van der Waals surface area contributed by atoms with Gasteiger partial charge in [0, 0.05) is 11.3 Å². The van der Waals surface area contributed by atoms with Gasteiger partial charge in [0.25, 0.3) is 0 Å². The van der Waals surface area contributed by atoms with Crippen molar-refractivity contribution in [2.45, 2.75) is 18.2 Å². The van der Waals surface area contributed by atoms with Crippen molar-refractivity contribution in [3.63, 3.8) is 0 Å². The van der Waals surface area contributed by atoms with Crippen LogP contribution in [0.4, 0.5) is 0 Å². The van der Waals surface area contributed by atoms with Gasteiger partial charge in [0.15, 0.2) is 0 Å². The second-order valence-electron chi connectivity index (χ2n) is 2.02. The van der Waals surface area contributed by atoms with Gasteiger partial charge in [0.05, 0.1) is 6.61 Å². The molecule has 0 saturated heterocycles. The van der Waals surface area contributed by atoms with E-state index in [0.717, 1.165) is 12.8 Å². The van der Waals surface area contributed by atoms with Crippen molar-refractivity contribution in [2.75, 3.05) is 6.61 Å². The fourth-order valence-electron chi connectivity index (χ4n) is 0.716. The van der Waals surface area contributed by atoms with Crippen LogP contribution in [-0.2, 0) is 5.11 Å². The van der Waals surface area contributed by atoms with Crippen LogP contribution in [0.1, 0.15) is 12.8 Å². The molecular formula is C5H8ClO. The largest absolute Gasteiger partial charge is 0.236 e. The number of rotatable bonds is 1. The summed E-state index contributed by atoms with van der Waals surface area (Å²) in [6.45, 7) is 0.0220. The zero-order chi connectivity index (χ0) is 5.28. The summed E-state index contributed by atoms with van der Waals surface area (Å²) in [7, 11) is 0. The summed E-state index contributed by atoms with van der Waals surface area (Å²) < 4.78 is 0. The third-order valence-electron chi connectivity index (χ3n) is 1.54. The smallest absolute Gasteiger partial charge is 0.0864 e. The summed E-state index contributed by atoms with van der Waals surface area (Å²) >= 11 is 5.62. The molecule has 1 saturated carbocycles. The minimum absolute atomic E-state index is 0.0220. The van der Waals surface area contributed by atoms with Crippen LogP contribution < -0.4 is 0 Å². The van der Waals surface area contributed by atoms with Gasteiger partial charge in [-0.3, -0.25) is 0 Å². The van der Waals surface area contributed by atoms with Gasteiger partial charge in [0.1, 0.15) is 0 Å². The molecule has 0 N–H and O–H groups in total. The molecule has 1 rings (SSSR count). The molecular weight excluding hydrogens is 112 g/mol. The maximum absolute atomic E-state index is 10.0. The van der Waals surface area contributed by atoms with Crippen LogP contribution >= 0.6 is 11.6 Å². The van der Waals surface area contributed by atoms with Crippen molar-refractivity contribution in [1.82, 2.24) is 0 Å². The summed E-state index contributed by atoms with van der Waals surface area (Å²) in [6, 6.07) is 0. The van der Waals surface area contributed by atoms with Gasteiger partial charge >= 0.3 is 0 Å². The summed E-state index contributed by atoms with van der Waals surface area (Å²) in [5.74, 6) is 0.293. The molecule has 0 heterocycles. The van der Waals surface area contributed by atoms with E-state index in [2.05, 4.69) is 0 Å². The minimum Gasteiger partial charge on any atom is -0.236 e. The molecule has 2 atom stereocenters. The number of hydrogen-bond acceptors (Lipinski definition) is 0. The SMILES string of the molecule is [O]CC1CCC1Cl. The molecule has 7 heavy (non-hydrogen) atoms. The van der Waals surface area contributed by atoms with Crippen molar-refractivity contribution in [3.8, 4) is 0 Å². The highest BCUT2D eigenvalue weighted by Crippen LogP contribution is 2.31. The van der Waals surface area contributed by atoms with Crippen LogP contribution in [0.25, 0.3) is 0 Å². The van der Waals surface area contributed by atoms with Crippen LogP contribution in [0.2, 0.25) is 0 Å². The Kier molecular flexibility index (Phi) is 1.55. The zero-order valence-corrected chi connectivity index (χ0v) is 4.82. The van der Waals surface area contributed by atoms with E-state index < -0.39 is 0 Å². The number of hydrogen-bond donors (Lipinski definition) is 0. The Morgan fingerprint density at radius 3 is 2.29 bits per heavy atom. The molecule has 0 aliphatic heterocycles. The lowest BCUT2D eigenvalue weighted by atomic mass is 9.86. The summed E-state index contributed by atoms with van der Waals surface area (Å²) in [6.07, 6.45) is 2.10. The molecule has 0 aromatic rings. The van der Waals surface area contributed by atoms with Crippen molar-refractivity contribution >= 4 is 11.6 Å². The molecule has 0 aromatic carbocycles. The van der Waals surface area contributed by atoms with E-state index in [0.29, 0.717) is 5.92 Å². The second kappa shape index (κ2) is 2.01. The first kappa shape index (κ1) is 5.39. The maximum atomic E-state index is 10.0. The molecule has 0 spiro atoms. The molecule has 1 aliphatic rings. The van der Waals surface area contributed by atoms with Gasteiger partial charge in [-0.15, -0.1) is 11.6 Å². The molecule has 41 valence electrons. The molecule has 1 radical (unpaired) electrons. The van der Waals surface area contributed by atoms with Crippen LogP contribution in [0.3, 0.4) is 0 Å². The summed E-state index contributed by atoms with van der Waals surface area (Å²) in [5.41, 5.74) is 0. The topological polar surface area (TPSA) is 19.9 Å². The van der Waals surface area contributed by atoms with E-state index in [1.807, 2.05) is 0 Å². The standard InChI is InChI=1S/C5H8ClO/c6-5-2-1-4(5)3-7/h4-5H,1-3H2. The van der Waals surface area contributed by atoms with E-state index in [9.17, 15) is 5.11 Å². The van der Waals surface area contributed by atoms with Gasteiger partial charge in [-0.2, -0.15) is 0 Å². The van der Waals surface area contributed by atoms with Crippen LogP contribution in [0.5, 0.6) is 0 Å². The predicted octanol–water partition coefficient (Wildman–Crippen LogP) is 1.43. The van der Waals surface area contributed by atoms with E-state index in [4.69, 9.17) is 11.6 Å². The Morgan fingerprint density at radius 2 is 2.29 bits per heavy atom. The van der Waals surface area contributed by atoms with Crippen LogP contribution in [0, 0.1) is 5.92 Å². The molecule has 0 amide bonds. The number of halogens is 1. The van der Waals surface area contributed by atoms with E-state index in [-0.39, 0.29) is 12.0 Å². The lowest BCUT2D eigenvalue weighted by molar-refractivity contribution is 0.105. The zero-order valence-electron chi connectivity index (χ0n) is 4.06. The van der Waals surface area contributed by atoms with Gasteiger partial charge < -0.3 is 0 Å². The van der Waals surface area contributed by atoms with Crippen molar-refractivity contribution in [2.24, 2.45) is 5.92 Å². The molecule has 1 aliphatic carbocycles. The van der Waals surface area contributed by atoms with Gasteiger partial charge in [-0.05, 0) is 12.8 Å². The first-order chi connectivity index (χ1) is 3.34. The Morgan fingerprint density at radius 1 is 1.57 bits per heavy atom. The molecule has 0 aromatic heterocycles. The molecule has 2 heteroatoms. The van der Waals surface area contributed by atoms with Gasteiger partial charge in [-0.1, -0.05) is 0 Å². The van der Waals surface area contributed by atoms with Crippen molar-refractivity contribution < 1.29 is 5.11 Å². The Bertz CT molecular complexity index is 63.1. The monoisotopic (exact) mass is 119 g/mol. The highest BCUT2D eigenvalue weighted by atomic mass is 35.5. The maximum Gasteiger partial charge on any atom is 0.0864 e. The summed E-state index contributed by atoms with van der Waals surface area (Å²) in [5, 5.41) is 10.2. The van der Waals surface area contributed by atoms with E-state index >= 15 is 0 Å². The Hall–Kier alpha value is 0.250. The van der Waals surface area contributed by atoms with E-state index in [1.54, 1.807) is 0 Å². The highest BCUT2D eigenvalue weighted by Gasteiger charge is 2.27. The van der Waals surface area contributed by atoms with Crippen molar-refractivity contribution in [3.05, 3.63) is 0 Å². The molecule has 1 fully saturated rings. The first-order valence-electron chi connectivity index (χ1n) is 2.56. The van der Waals surface area contributed by atoms with Gasteiger partial charge in [-0.25, -0.2) is 5.11 Å². The van der Waals surface area contributed by atoms with Crippen molar-refractivity contribution in [1.29, 1.82) is 0 Å². The predicted molar refractivity (Wildman–Crippen MR) is 27.9 cm³/mol. The lowest BCUT2D eigenvalue weighted by Crippen LogP contribution is -2.28. The lowest BCUT2D eigenvalue weighted by Gasteiger charge is -2.28. The molecule has 1 nitrogen and oxygen atoms in total. The first-order valence-corrected chi connectivity index (χ1v) is 3.00. The normalized spacial score (nSPS) is 40.3. The second-order valence-corrected chi connectivity index (χ2v) is 2.58. The average Bonchev–Trinajstić information content (AvgIpc) is 1.65. The van der Waals surface area contributed by atoms with E-state index in [1.165, 1.54) is 0 Å². The minimum atomic E-state index is 0.0220. The summed E-state index contributed by atoms with van der Waals surface area (Å²) in [4.78, 5) is 0. The highest BCUT2D eigenvalue weighted by molar-refractivity contribution is 6.21. The van der Waals surface area contributed by atoms with Crippen LogP contribution in [0.15, 0.2) is 0 Å². The fraction of sp³-hybridized carbons (Fsp3) is 1.00. The molecule has 2 unspecified atom stereocenters. The third kappa shape index (κ3) is 0.892. The fourth-order valence-corrected chi connectivity index (χ4v) is 1.04. The average molecular weight is 120 g/mol. The van der Waals surface area contributed by atoms with Gasteiger partial charge in [0.2, 0.25) is 0 Å². The Labute approximate surface area is 48.3 Å². The third-order valence-corrected chi connectivity index (χ3v) is 2.11. The quantitative estimate of drug-likeness (QED) is 0.466.